The predicted molar refractivity (Wildman–Crippen MR) is 88.6 cm³/mol. The van der Waals surface area contributed by atoms with E-state index >= 15 is 0 Å². The third-order valence-corrected chi connectivity index (χ3v) is 4.12. The first-order valence-electron chi connectivity index (χ1n) is 6.51. The van der Waals surface area contributed by atoms with Gasteiger partial charge >= 0.3 is 0 Å². The second-order valence-electron chi connectivity index (χ2n) is 4.70. The van der Waals surface area contributed by atoms with Crippen molar-refractivity contribution in [1.29, 1.82) is 0 Å². The van der Waals surface area contributed by atoms with Crippen molar-refractivity contribution in [3.05, 3.63) is 51.2 Å². The maximum absolute atomic E-state index is 11.7. The quantitative estimate of drug-likeness (QED) is 0.880. The zero-order valence-corrected chi connectivity index (χ0v) is 13.5. The van der Waals surface area contributed by atoms with Crippen molar-refractivity contribution in [1.82, 2.24) is 10.5 Å². The lowest BCUT2D eigenvalue weighted by Gasteiger charge is -2.00. The van der Waals surface area contributed by atoms with E-state index in [1.807, 2.05) is 32.1 Å². The SMILES string of the molecule is Cc1noc(C)c1C=C1SC(=O)NC1=Nc1cccc(Cl)c1. The number of thioether (sulfide) groups is 1. The highest BCUT2D eigenvalue weighted by Gasteiger charge is 2.24. The summed E-state index contributed by atoms with van der Waals surface area (Å²) in [6, 6.07) is 7.13. The van der Waals surface area contributed by atoms with Gasteiger partial charge in [-0.3, -0.25) is 4.79 Å². The fourth-order valence-corrected chi connectivity index (χ4v) is 2.92. The standard InChI is InChI=1S/C15H12ClN3O2S/c1-8-12(9(2)21-19-8)7-13-14(18-15(20)22-13)17-11-5-3-4-10(16)6-11/h3-7H,1-2H3,(H,17,18,20). The molecule has 5 nitrogen and oxygen atoms in total. The van der Waals surface area contributed by atoms with Gasteiger partial charge in [-0.2, -0.15) is 0 Å². The molecule has 0 radical (unpaired) electrons. The van der Waals surface area contributed by atoms with Gasteiger partial charge in [-0.15, -0.1) is 0 Å². The summed E-state index contributed by atoms with van der Waals surface area (Å²) in [5.74, 6) is 1.20. The summed E-state index contributed by atoms with van der Waals surface area (Å²) in [6.07, 6.45) is 1.85. The van der Waals surface area contributed by atoms with Gasteiger partial charge in [0.25, 0.3) is 5.24 Å². The Hall–Kier alpha value is -2.05. The Morgan fingerprint density at radius 2 is 2.23 bits per heavy atom. The van der Waals surface area contributed by atoms with E-state index in [0.29, 0.717) is 22.3 Å². The zero-order chi connectivity index (χ0) is 15.7. The number of hydrogen-bond donors (Lipinski definition) is 1. The Morgan fingerprint density at radius 3 is 2.91 bits per heavy atom. The van der Waals surface area contributed by atoms with E-state index in [1.54, 1.807) is 12.1 Å². The Labute approximate surface area is 136 Å². The van der Waals surface area contributed by atoms with Crippen LogP contribution < -0.4 is 5.32 Å². The van der Waals surface area contributed by atoms with Crippen molar-refractivity contribution in [2.24, 2.45) is 4.99 Å². The van der Waals surface area contributed by atoms with Gasteiger partial charge in [0.15, 0.2) is 0 Å². The van der Waals surface area contributed by atoms with E-state index in [2.05, 4.69) is 15.5 Å². The third-order valence-electron chi connectivity index (χ3n) is 3.07. The fraction of sp³-hybridized carbons (Fsp3) is 0.133. The summed E-state index contributed by atoms with van der Waals surface area (Å²) in [4.78, 5) is 16.9. The summed E-state index contributed by atoms with van der Waals surface area (Å²) in [7, 11) is 0. The average Bonchev–Trinajstić information content (AvgIpc) is 2.96. The summed E-state index contributed by atoms with van der Waals surface area (Å²) in [5, 5.41) is 7.07. The normalized spacial score (nSPS) is 18.2. The fourth-order valence-electron chi connectivity index (χ4n) is 2.01. The summed E-state index contributed by atoms with van der Waals surface area (Å²) in [5.41, 5.74) is 2.31. The molecule has 1 N–H and O–H groups in total. The number of benzene rings is 1. The minimum absolute atomic E-state index is 0.168. The highest BCUT2D eigenvalue weighted by Crippen LogP contribution is 2.30. The molecule has 7 heteroatoms. The van der Waals surface area contributed by atoms with Crippen molar-refractivity contribution in [3.8, 4) is 0 Å². The highest BCUT2D eigenvalue weighted by atomic mass is 35.5. The molecule has 0 aliphatic carbocycles. The van der Waals surface area contributed by atoms with Crippen LogP contribution in [0.15, 0.2) is 38.7 Å². The van der Waals surface area contributed by atoms with Crippen LogP contribution in [-0.4, -0.2) is 16.2 Å². The predicted octanol–water partition coefficient (Wildman–Crippen LogP) is 4.47. The first-order valence-corrected chi connectivity index (χ1v) is 7.70. The minimum atomic E-state index is -0.168. The molecule has 0 saturated carbocycles. The number of amides is 1. The van der Waals surface area contributed by atoms with Crippen LogP contribution in [0.1, 0.15) is 17.0 Å². The van der Waals surface area contributed by atoms with Crippen molar-refractivity contribution < 1.29 is 9.32 Å². The number of nitrogens with zero attached hydrogens (tertiary/aromatic N) is 2. The molecule has 0 atom stereocenters. The van der Waals surface area contributed by atoms with E-state index in [1.165, 1.54) is 0 Å². The Morgan fingerprint density at radius 1 is 1.41 bits per heavy atom. The van der Waals surface area contributed by atoms with Gasteiger partial charge in [0.1, 0.15) is 11.6 Å². The molecule has 2 heterocycles. The smallest absolute Gasteiger partial charge is 0.289 e. The number of halogens is 1. The van der Waals surface area contributed by atoms with Crippen molar-refractivity contribution in [2.75, 3.05) is 0 Å². The molecule has 1 saturated heterocycles. The molecular weight excluding hydrogens is 322 g/mol. The largest absolute Gasteiger partial charge is 0.361 e. The van der Waals surface area contributed by atoms with Crippen LogP contribution >= 0.6 is 23.4 Å². The number of carbonyl (C=O) groups excluding carboxylic acids is 1. The number of aliphatic imine (C=N–C) groups is 1. The van der Waals surface area contributed by atoms with E-state index in [0.717, 1.165) is 27.9 Å². The second-order valence-corrected chi connectivity index (χ2v) is 6.15. The molecular formula is C15H12ClN3O2S. The zero-order valence-electron chi connectivity index (χ0n) is 11.9. The van der Waals surface area contributed by atoms with Gasteiger partial charge in [-0.1, -0.05) is 22.8 Å². The molecule has 112 valence electrons. The Balaban J connectivity index is 2.01. The molecule has 1 amide bonds. The average molecular weight is 334 g/mol. The second kappa shape index (κ2) is 5.98. The van der Waals surface area contributed by atoms with Crippen LogP contribution in [0.4, 0.5) is 10.5 Å². The van der Waals surface area contributed by atoms with Crippen LogP contribution in [0.3, 0.4) is 0 Å². The monoisotopic (exact) mass is 333 g/mol. The van der Waals surface area contributed by atoms with Crippen LogP contribution in [0.25, 0.3) is 6.08 Å². The van der Waals surface area contributed by atoms with Gasteiger partial charge in [0, 0.05) is 10.6 Å². The number of hydrogen-bond acceptors (Lipinski definition) is 5. The number of aromatic nitrogens is 1. The molecule has 0 bridgehead atoms. The number of amidine groups is 1. The molecule has 0 unspecified atom stereocenters. The maximum atomic E-state index is 11.7. The summed E-state index contributed by atoms with van der Waals surface area (Å²) < 4.78 is 5.14. The van der Waals surface area contributed by atoms with Crippen LogP contribution in [0, 0.1) is 13.8 Å². The van der Waals surface area contributed by atoms with Gasteiger partial charge in [0.05, 0.1) is 16.3 Å². The minimum Gasteiger partial charge on any atom is -0.361 e. The topological polar surface area (TPSA) is 67.5 Å². The van der Waals surface area contributed by atoms with Crippen LogP contribution in [0.5, 0.6) is 0 Å². The van der Waals surface area contributed by atoms with Crippen molar-refractivity contribution >= 4 is 46.2 Å². The molecule has 1 aliphatic heterocycles. The lowest BCUT2D eigenvalue weighted by Crippen LogP contribution is -2.18. The number of nitrogens with one attached hydrogen (secondary N) is 1. The molecule has 1 aromatic heterocycles. The number of carbonyl (C=O) groups is 1. The van der Waals surface area contributed by atoms with Crippen LogP contribution in [-0.2, 0) is 0 Å². The van der Waals surface area contributed by atoms with Crippen molar-refractivity contribution in [3.63, 3.8) is 0 Å². The molecule has 1 aliphatic rings. The first kappa shape index (κ1) is 14.9. The number of aryl methyl sites for hydroxylation is 2. The molecule has 22 heavy (non-hydrogen) atoms. The molecule has 0 spiro atoms. The van der Waals surface area contributed by atoms with Crippen LogP contribution in [0.2, 0.25) is 5.02 Å². The van der Waals surface area contributed by atoms with Crippen molar-refractivity contribution in [2.45, 2.75) is 13.8 Å². The Kier molecular flexibility index (Phi) is 4.04. The summed E-state index contributed by atoms with van der Waals surface area (Å²) >= 11 is 7.05. The number of rotatable bonds is 2. The van der Waals surface area contributed by atoms with Gasteiger partial charge < -0.3 is 9.84 Å². The van der Waals surface area contributed by atoms with E-state index in [4.69, 9.17) is 16.1 Å². The lowest BCUT2D eigenvalue weighted by molar-refractivity contribution is 0.265. The van der Waals surface area contributed by atoms with Gasteiger partial charge in [-0.25, -0.2) is 4.99 Å². The van der Waals surface area contributed by atoms with Gasteiger partial charge in [-0.05, 0) is 49.9 Å². The first-order chi connectivity index (χ1) is 10.5. The Bertz CT molecular complexity index is 791. The lowest BCUT2D eigenvalue weighted by atomic mass is 10.2. The van der Waals surface area contributed by atoms with Gasteiger partial charge in [0.2, 0.25) is 0 Å². The van der Waals surface area contributed by atoms with E-state index in [9.17, 15) is 4.79 Å². The third kappa shape index (κ3) is 3.08. The molecule has 1 fully saturated rings. The molecule has 1 aromatic carbocycles. The maximum Gasteiger partial charge on any atom is 0.289 e. The molecule has 3 rings (SSSR count). The highest BCUT2D eigenvalue weighted by molar-refractivity contribution is 8.18. The molecule has 2 aromatic rings. The van der Waals surface area contributed by atoms with E-state index in [-0.39, 0.29) is 5.24 Å². The summed E-state index contributed by atoms with van der Waals surface area (Å²) in [6.45, 7) is 3.68. The van der Waals surface area contributed by atoms with E-state index < -0.39 is 0 Å².